The van der Waals surface area contributed by atoms with Gasteiger partial charge in [-0.3, -0.25) is 5.43 Å². The number of nitrogens with zero attached hydrogens (tertiary/aromatic N) is 3. The van der Waals surface area contributed by atoms with Gasteiger partial charge in [0.25, 0.3) is 0 Å². The molecule has 0 aliphatic carbocycles. The molecule has 0 bridgehead atoms. The zero-order chi connectivity index (χ0) is 17.5. The summed E-state index contributed by atoms with van der Waals surface area (Å²) >= 11 is 6.07. The molecular formula is C15H9ClN4O4. The van der Waals surface area contributed by atoms with Gasteiger partial charge in [-0.2, -0.15) is 15.6 Å². The first-order valence-electron chi connectivity index (χ1n) is 6.41. The topological polar surface area (TPSA) is 132 Å². The van der Waals surface area contributed by atoms with E-state index in [4.69, 9.17) is 36.4 Å². The summed E-state index contributed by atoms with van der Waals surface area (Å²) < 4.78 is 10.5. The number of aromatic carboxylic acids is 1. The van der Waals surface area contributed by atoms with E-state index in [1.54, 1.807) is 24.3 Å². The van der Waals surface area contributed by atoms with Crippen molar-refractivity contribution >= 4 is 29.0 Å². The number of carbonyl (C=O) groups is 1. The van der Waals surface area contributed by atoms with Crippen molar-refractivity contribution in [3.63, 3.8) is 0 Å². The number of anilines is 1. The van der Waals surface area contributed by atoms with E-state index in [-0.39, 0.29) is 23.1 Å². The van der Waals surface area contributed by atoms with Crippen LogP contribution in [0.3, 0.4) is 0 Å². The third-order valence-electron chi connectivity index (χ3n) is 2.68. The van der Waals surface area contributed by atoms with Crippen LogP contribution in [0.4, 0.5) is 5.69 Å². The number of furan rings is 1. The molecule has 2 aromatic rings. The molecule has 24 heavy (non-hydrogen) atoms. The number of rotatable bonds is 6. The number of benzene rings is 1. The number of carboxylic acid groups (broad SMARTS) is 1. The fraction of sp³-hybridized carbons (Fsp3) is 0.0667. The molecule has 8 nitrogen and oxygen atoms in total. The molecule has 0 radical (unpaired) electrons. The largest absolute Gasteiger partial charge is 0.484 e. The van der Waals surface area contributed by atoms with Gasteiger partial charge in [-0.05, 0) is 30.3 Å². The number of hydrogen-bond donors (Lipinski definition) is 2. The molecule has 0 aliphatic heterocycles. The van der Waals surface area contributed by atoms with Gasteiger partial charge in [0.1, 0.15) is 30.3 Å². The number of nitrogens with one attached hydrogen (secondary N) is 1. The number of ether oxygens (including phenoxy) is 1. The summed E-state index contributed by atoms with van der Waals surface area (Å²) in [4.78, 5) is 10.7. The summed E-state index contributed by atoms with van der Waals surface area (Å²) in [7, 11) is 0. The van der Waals surface area contributed by atoms with Crippen LogP contribution >= 0.6 is 11.6 Å². The van der Waals surface area contributed by atoms with Gasteiger partial charge in [-0.25, -0.2) is 4.79 Å². The van der Waals surface area contributed by atoms with Crippen molar-refractivity contribution in [3.05, 3.63) is 46.9 Å². The first kappa shape index (κ1) is 16.9. The molecule has 1 aromatic heterocycles. The number of hydrazone groups is 1. The maximum absolute atomic E-state index is 10.7. The molecule has 0 unspecified atom stereocenters. The quantitative estimate of drug-likeness (QED) is 0.608. The molecular weight excluding hydrogens is 336 g/mol. The van der Waals surface area contributed by atoms with E-state index in [2.05, 4.69) is 10.5 Å². The Morgan fingerprint density at radius 2 is 2.08 bits per heavy atom. The summed E-state index contributed by atoms with van der Waals surface area (Å²) in [5, 5.41) is 29.8. The van der Waals surface area contributed by atoms with Gasteiger partial charge in [-0.15, -0.1) is 0 Å². The van der Waals surface area contributed by atoms with Crippen LogP contribution in [0, 0.1) is 22.7 Å². The molecule has 0 atom stereocenters. The van der Waals surface area contributed by atoms with E-state index < -0.39 is 5.97 Å². The van der Waals surface area contributed by atoms with Crippen LogP contribution in [0.1, 0.15) is 16.3 Å². The van der Waals surface area contributed by atoms with Gasteiger partial charge in [0, 0.05) is 0 Å². The average Bonchev–Trinajstić information content (AvgIpc) is 3.04. The smallest absolute Gasteiger partial charge is 0.371 e. The predicted molar refractivity (Wildman–Crippen MR) is 83.7 cm³/mol. The standard InChI is InChI=1S/C15H9ClN4O4/c16-12-5-9(19-20-10(6-17)7-18)1-3-13(12)23-8-11-2-4-14(24-11)15(21)22/h1-5,19H,8H2,(H,21,22). The van der Waals surface area contributed by atoms with Crippen LogP contribution in [0.2, 0.25) is 5.02 Å². The molecule has 1 aromatic carbocycles. The number of halogens is 1. The summed E-state index contributed by atoms with van der Waals surface area (Å²) in [6.45, 7) is 0.00490. The van der Waals surface area contributed by atoms with Crippen LogP contribution in [-0.4, -0.2) is 16.8 Å². The Bertz CT molecular complexity index is 860. The van der Waals surface area contributed by atoms with E-state index in [9.17, 15) is 4.79 Å². The van der Waals surface area contributed by atoms with Crippen LogP contribution in [0.15, 0.2) is 39.9 Å². The van der Waals surface area contributed by atoms with E-state index in [0.29, 0.717) is 17.2 Å². The molecule has 1 heterocycles. The zero-order valence-electron chi connectivity index (χ0n) is 12.0. The number of hydrogen-bond acceptors (Lipinski definition) is 7. The Hall–Kier alpha value is -3.49. The Balaban J connectivity index is 2.02. The van der Waals surface area contributed by atoms with Gasteiger partial charge in [0.05, 0.1) is 10.7 Å². The number of carboxylic acids is 1. The van der Waals surface area contributed by atoms with Crippen molar-refractivity contribution < 1.29 is 19.1 Å². The molecule has 2 rings (SSSR count). The second-order valence-corrected chi connectivity index (χ2v) is 4.71. The van der Waals surface area contributed by atoms with E-state index >= 15 is 0 Å². The van der Waals surface area contributed by atoms with Crippen molar-refractivity contribution in [1.82, 2.24) is 0 Å². The zero-order valence-corrected chi connectivity index (χ0v) is 12.7. The summed E-state index contributed by atoms with van der Waals surface area (Å²) in [5.41, 5.74) is 2.66. The minimum atomic E-state index is -1.16. The van der Waals surface area contributed by atoms with Gasteiger partial charge in [-0.1, -0.05) is 11.6 Å². The van der Waals surface area contributed by atoms with Crippen molar-refractivity contribution in [1.29, 1.82) is 10.5 Å². The first-order valence-corrected chi connectivity index (χ1v) is 6.79. The molecule has 0 spiro atoms. The lowest BCUT2D eigenvalue weighted by Gasteiger charge is -2.08. The lowest BCUT2D eigenvalue weighted by molar-refractivity contribution is 0.0658. The molecule has 0 saturated heterocycles. The van der Waals surface area contributed by atoms with Gasteiger partial charge in [0.15, 0.2) is 0 Å². The SMILES string of the molecule is N#CC(C#N)=NNc1ccc(OCc2ccc(C(=O)O)o2)c(Cl)c1. The lowest BCUT2D eigenvalue weighted by Crippen LogP contribution is -1.98. The highest BCUT2D eigenvalue weighted by Crippen LogP contribution is 2.28. The van der Waals surface area contributed by atoms with Gasteiger partial charge < -0.3 is 14.3 Å². The van der Waals surface area contributed by atoms with Gasteiger partial charge in [0.2, 0.25) is 11.5 Å². The van der Waals surface area contributed by atoms with E-state index in [1.807, 2.05) is 0 Å². The van der Waals surface area contributed by atoms with Crippen LogP contribution in [0.5, 0.6) is 5.75 Å². The Kier molecular flexibility index (Phi) is 5.40. The van der Waals surface area contributed by atoms with Gasteiger partial charge >= 0.3 is 5.97 Å². The minimum Gasteiger partial charge on any atom is -0.484 e. The second kappa shape index (κ2) is 7.68. The summed E-state index contributed by atoms with van der Waals surface area (Å²) in [6, 6.07) is 10.7. The van der Waals surface area contributed by atoms with E-state index in [1.165, 1.54) is 18.2 Å². The third-order valence-corrected chi connectivity index (χ3v) is 2.98. The molecule has 0 fully saturated rings. The van der Waals surface area contributed by atoms with Crippen molar-refractivity contribution in [2.24, 2.45) is 5.10 Å². The van der Waals surface area contributed by atoms with Crippen molar-refractivity contribution in [2.75, 3.05) is 5.43 Å². The molecule has 2 N–H and O–H groups in total. The summed E-state index contributed by atoms with van der Waals surface area (Å²) in [6.07, 6.45) is 0. The molecule has 0 aliphatic rings. The highest BCUT2D eigenvalue weighted by atomic mass is 35.5. The summed E-state index contributed by atoms with van der Waals surface area (Å²) in [5.74, 6) is -0.657. The third kappa shape index (κ3) is 4.26. The fourth-order valence-electron chi connectivity index (χ4n) is 1.60. The molecule has 0 saturated carbocycles. The highest BCUT2D eigenvalue weighted by molar-refractivity contribution is 6.32. The predicted octanol–water partition coefficient (Wildman–Crippen LogP) is 3.03. The van der Waals surface area contributed by atoms with Crippen LogP contribution in [0.25, 0.3) is 0 Å². The lowest BCUT2D eigenvalue weighted by atomic mass is 10.3. The maximum Gasteiger partial charge on any atom is 0.371 e. The fourth-order valence-corrected chi connectivity index (χ4v) is 1.84. The molecule has 0 amide bonds. The normalized spacial score (nSPS) is 9.46. The average molecular weight is 345 g/mol. The Morgan fingerprint density at radius 3 is 2.67 bits per heavy atom. The van der Waals surface area contributed by atoms with E-state index in [0.717, 1.165) is 0 Å². The van der Waals surface area contributed by atoms with Crippen molar-refractivity contribution in [3.8, 4) is 17.9 Å². The Morgan fingerprint density at radius 1 is 1.33 bits per heavy atom. The van der Waals surface area contributed by atoms with Crippen LogP contribution < -0.4 is 10.2 Å². The minimum absolute atomic E-state index is 0.00490. The van der Waals surface area contributed by atoms with Crippen molar-refractivity contribution in [2.45, 2.75) is 6.61 Å². The maximum atomic E-state index is 10.7. The molecule has 9 heteroatoms. The highest BCUT2D eigenvalue weighted by Gasteiger charge is 2.10. The molecule has 120 valence electrons. The van der Waals surface area contributed by atoms with Crippen LogP contribution in [-0.2, 0) is 6.61 Å². The first-order chi connectivity index (χ1) is 11.5. The Labute approximate surface area is 141 Å². The number of nitriles is 2. The monoisotopic (exact) mass is 344 g/mol. The second-order valence-electron chi connectivity index (χ2n) is 4.30.